The summed E-state index contributed by atoms with van der Waals surface area (Å²) in [5, 5.41) is 14.7. The van der Waals surface area contributed by atoms with Gasteiger partial charge in [0.2, 0.25) is 5.01 Å². The number of carbonyl (C=O) groups excluding carboxylic acids is 2. The highest BCUT2D eigenvalue weighted by Gasteiger charge is 2.27. The summed E-state index contributed by atoms with van der Waals surface area (Å²) in [5.41, 5.74) is 0.941. The summed E-state index contributed by atoms with van der Waals surface area (Å²) in [5.74, 6) is 0.412. The normalized spacial score (nSPS) is 13.9. The van der Waals surface area contributed by atoms with E-state index in [-0.39, 0.29) is 17.0 Å². The largest absolute Gasteiger partial charge is 0.497 e. The van der Waals surface area contributed by atoms with Gasteiger partial charge in [0.15, 0.2) is 0 Å². The minimum Gasteiger partial charge on any atom is -0.497 e. The topological polar surface area (TPSA) is 106 Å². The van der Waals surface area contributed by atoms with Gasteiger partial charge in [0.25, 0.3) is 5.91 Å². The van der Waals surface area contributed by atoms with Crippen LogP contribution in [0.4, 0.5) is 20.6 Å². The second-order valence-electron chi connectivity index (χ2n) is 7.70. The molecule has 0 unspecified atom stereocenters. The Kier molecular flexibility index (Phi) is 7.21. The van der Waals surface area contributed by atoms with Crippen LogP contribution >= 0.6 is 11.3 Å². The van der Waals surface area contributed by atoms with E-state index in [2.05, 4.69) is 20.8 Å². The predicted octanol–water partition coefficient (Wildman–Crippen LogP) is 4.36. The zero-order valence-electron chi connectivity index (χ0n) is 18.7. The molecule has 9 nitrogen and oxygen atoms in total. The third-order valence-corrected chi connectivity index (χ3v) is 6.54. The molecule has 0 aliphatic carbocycles. The number of hydrogen-bond acceptors (Lipinski definition) is 7. The lowest BCUT2D eigenvalue weighted by Crippen LogP contribution is -2.40. The molecule has 2 heterocycles. The van der Waals surface area contributed by atoms with Crippen LogP contribution in [-0.2, 0) is 0 Å². The highest BCUT2D eigenvalue weighted by Crippen LogP contribution is 2.31. The zero-order valence-corrected chi connectivity index (χ0v) is 19.5. The number of likely N-dealkylation sites (tertiary alicyclic amines) is 1. The number of carbonyl (C=O) groups is 2. The number of nitrogens with zero attached hydrogens (tertiary/aromatic N) is 3. The van der Waals surface area contributed by atoms with Gasteiger partial charge in [-0.15, -0.1) is 10.2 Å². The number of halogens is 1. The van der Waals surface area contributed by atoms with E-state index >= 15 is 0 Å². The SMILES string of the molecule is COc1cc(NC(=O)N2CCC(c3nnc(C(=O)Nc4cccc(F)c4)s3)CC2)cc(OC)c1. The molecule has 11 heteroatoms. The number of anilines is 2. The Morgan fingerprint density at radius 2 is 1.71 bits per heavy atom. The van der Waals surface area contributed by atoms with Gasteiger partial charge in [-0.05, 0) is 31.0 Å². The fourth-order valence-electron chi connectivity index (χ4n) is 3.65. The first-order chi connectivity index (χ1) is 16.4. The third kappa shape index (κ3) is 5.60. The van der Waals surface area contributed by atoms with Crippen LogP contribution in [0.5, 0.6) is 11.5 Å². The Hall–Kier alpha value is -3.73. The number of nitrogens with one attached hydrogen (secondary N) is 2. The lowest BCUT2D eigenvalue weighted by atomic mass is 9.98. The molecule has 0 radical (unpaired) electrons. The summed E-state index contributed by atoms with van der Waals surface area (Å²) in [4.78, 5) is 26.9. The summed E-state index contributed by atoms with van der Waals surface area (Å²) < 4.78 is 23.8. The molecule has 1 aliphatic heterocycles. The average molecular weight is 486 g/mol. The van der Waals surface area contributed by atoms with Crippen LogP contribution in [0.1, 0.15) is 33.6 Å². The fraction of sp³-hybridized carbons (Fsp3) is 0.304. The van der Waals surface area contributed by atoms with Crippen molar-refractivity contribution in [3.05, 3.63) is 58.3 Å². The van der Waals surface area contributed by atoms with Crippen molar-refractivity contribution in [2.45, 2.75) is 18.8 Å². The molecule has 1 fully saturated rings. The molecule has 0 atom stereocenters. The van der Waals surface area contributed by atoms with Crippen LogP contribution in [0.25, 0.3) is 0 Å². The first-order valence-corrected chi connectivity index (χ1v) is 11.5. The van der Waals surface area contributed by atoms with Gasteiger partial charge in [-0.25, -0.2) is 9.18 Å². The molecule has 1 saturated heterocycles. The van der Waals surface area contributed by atoms with Gasteiger partial charge >= 0.3 is 6.03 Å². The smallest absolute Gasteiger partial charge is 0.321 e. The minimum absolute atomic E-state index is 0.106. The van der Waals surface area contributed by atoms with E-state index in [1.54, 1.807) is 43.4 Å². The van der Waals surface area contributed by atoms with E-state index in [1.807, 2.05) is 0 Å². The highest BCUT2D eigenvalue weighted by molar-refractivity contribution is 7.13. The van der Waals surface area contributed by atoms with Gasteiger partial charge in [0.05, 0.1) is 14.2 Å². The summed E-state index contributed by atoms with van der Waals surface area (Å²) in [7, 11) is 3.10. The van der Waals surface area contributed by atoms with E-state index in [0.717, 1.165) is 5.01 Å². The van der Waals surface area contributed by atoms with Crippen molar-refractivity contribution in [2.75, 3.05) is 37.9 Å². The van der Waals surface area contributed by atoms with Crippen LogP contribution < -0.4 is 20.1 Å². The van der Waals surface area contributed by atoms with Crippen molar-refractivity contribution in [1.82, 2.24) is 15.1 Å². The molecular weight excluding hydrogens is 461 g/mol. The molecule has 3 amide bonds. The van der Waals surface area contributed by atoms with Gasteiger partial charge < -0.3 is 25.0 Å². The Morgan fingerprint density at radius 1 is 1.00 bits per heavy atom. The van der Waals surface area contributed by atoms with Crippen LogP contribution in [0.15, 0.2) is 42.5 Å². The van der Waals surface area contributed by atoms with Gasteiger partial charge in [-0.3, -0.25) is 4.79 Å². The van der Waals surface area contributed by atoms with Crippen molar-refractivity contribution in [3.8, 4) is 11.5 Å². The maximum atomic E-state index is 13.3. The van der Waals surface area contributed by atoms with E-state index < -0.39 is 11.7 Å². The summed E-state index contributed by atoms with van der Waals surface area (Å²) in [6.45, 7) is 1.09. The van der Waals surface area contributed by atoms with Crippen LogP contribution in [0.2, 0.25) is 0 Å². The molecule has 4 rings (SSSR count). The number of aromatic nitrogens is 2. The number of piperidine rings is 1. The number of amides is 3. The van der Waals surface area contributed by atoms with E-state index in [4.69, 9.17) is 9.47 Å². The van der Waals surface area contributed by atoms with Gasteiger partial charge in [-0.1, -0.05) is 17.4 Å². The number of ether oxygens (including phenoxy) is 2. The zero-order chi connectivity index (χ0) is 24.1. The maximum absolute atomic E-state index is 13.3. The summed E-state index contributed by atoms with van der Waals surface area (Å²) in [6.07, 6.45) is 1.41. The number of rotatable bonds is 6. The van der Waals surface area contributed by atoms with Crippen LogP contribution in [0, 0.1) is 5.82 Å². The molecule has 178 valence electrons. The standard InChI is InChI=1S/C23H24FN5O4S/c1-32-18-11-17(12-19(13-18)33-2)26-23(31)29-8-6-14(7-9-29)21-27-28-22(34-21)20(30)25-16-5-3-4-15(24)10-16/h3-5,10-14H,6-9H2,1-2H3,(H,25,30)(H,26,31). The second kappa shape index (κ2) is 10.5. The molecule has 0 bridgehead atoms. The number of hydrogen-bond donors (Lipinski definition) is 2. The van der Waals surface area contributed by atoms with Crippen LogP contribution in [-0.4, -0.2) is 54.3 Å². The lowest BCUT2D eigenvalue weighted by molar-refractivity contribution is 0.102. The van der Waals surface area contributed by atoms with Crippen molar-refractivity contribution in [3.63, 3.8) is 0 Å². The Bertz CT molecular complexity index is 1160. The highest BCUT2D eigenvalue weighted by atomic mass is 32.1. The molecule has 1 aliphatic rings. The number of benzene rings is 2. The van der Waals surface area contributed by atoms with Crippen LogP contribution in [0.3, 0.4) is 0 Å². The summed E-state index contributed by atoms with van der Waals surface area (Å²) in [6, 6.07) is 10.6. The Morgan fingerprint density at radius 3 is 2.35 bits per heavy atom. The van der Waals surface area contributed by atoms with E-state index in [0.29, 0.717) is 48.8 Å². The first kappa shape index (κ1) is 23.4. The minimum atomic E-state index is -0.433. The van der Waals surface area contributed by atoms with E-state index in [1.165, 1.54) is 29.5 Å². The molecule has 0 spiro atoms. The quantitative estimate of drug-likeness (QED) is 0.538. The third-order valence-electron chi connectivity index (χ3n) is 5.45. The Balaban J connectivity index is 1.32. The monoisotopic (exact) mass is 485 g/mol. The molecule has 34 heavy (non-hydrogen) atoms. The number of methoxy groups -OCH3 is 2. The number of urea groups is 1. The van der Waals surface area contributed by atoms with Crippen molar-refractivity contribution in [1.29, 1.82) is 0 Å². The molecule has 2 N–H and O–H groups in total. The first-order valence-electron chi connectivity index (χ1n) is 10.6. The molecule has 1 aromatic heterocycles. The second-order valence-corrected chi connectivity index (χ2v) is 8.71. The fourth-order valence-corrected chi connectivity index (χ4v) is 4.56. The van der Waals surface area contributed by atoms with Crippen molar-refractivity contribution >= 4 is 34.6 Å². The van der Waals surface area contributed by atoms with Crippen molar-refractivity contribution in [2.24, 2.45) is 0 Å². The van der Waals surface area contributed by atoms with Crippen molar-refractivity contribution < 1.29 is 23.5 Å². The summed E-state index contributed by atoms with van der Waals surface area (Å²) >= 11 is 1.22. The molecule has 3 aromatic rings. The molecule has 2 aromatic carbocycles. The lowest BCUT2D eigenvalue weighted by Gasteiger charge is -2.31. The molecular formula is C23H24FN5O4S. The van der Waals surface area contributed by atoms with Gasteiger partial charge in [0, 0.05) is 48.6 Å². The predicted molar refractivity (Wildman–Crippen MR) is 126 cm³/mol. The molecule has 0 saturated carbocycles. The Labute approximate surface area is 199 Å². The van der Waals surface area contributed by atoms with Gasteiger partial charge in [-0.2, -0.15) is 0 Å². The average Bonchev–Trinajstić information content (AvgIpc) is 3.34. The maximum Gasteiger partial charge on any atom is 0.321 e. The van der Waals surface area contributed by atoms with Gasteiger partial charge in [0.1, 0.15) is 22.3 Å². The van der Waals surface area contributed by atoms with E-state index in [9.17, 15) is 14.0 Å².